The zero-order valence-corrected chi connectivity index (χ0v) is 13.6. The van der Waals surface area contributed by atoms with Crippen LogP contribution in [0.5, 0.6) is 0 Å². The number of benzene rings is 2. The van der Waals surface area contributed by atoms with Crippen molar-refractivity contribution in [3.8, 4) is 0 Å². The van der Waals surface area contributed by atoms with Gasteiger partial charge in [0, 0.05) is 0 Å². The smallest absolute Gasteiger partial charge is 0.282 e. The van der Waals surface area contributed by atoms with E-state index in [1.165, 1.54) is 12.2 Å². The van der Waals surface area contributed by atoms with Crippen LogP contribution in [-0.4, -0.2) is 19.9 Å². The quantitative estimate of drug-likeness (QED) is 0.795. The molecule has 4 nitrogen and oxygen atoms in total. The van der Waals surface area contributed by atoms with Crippen LogP contribution in [0.25, 0.3) is 10.8 Å². The topological polar surface area (TPSA) is 63.6 Å². The average molecular weight is 325 g/mol. The van der Waals surface area contributed by atoms with Crippen LogP contribution in [-0.2, 0) is 14.8 Å². The fourth-order valence-electron chi connectivity index (χ4n) is 2.56. The highest BCUT2D eigenvalue weighted by Crippen LogP contribution is 2.23. The Morgan fingerprint density at radius 3 is 2.13 bits per heavy atom. The predicted molar refractivity (Wildman–Crippen MR) is 91.1 cm³/mol. The number of nitrogens with zero attached hydrogens (tertiary/aromatic N) is 1. The van der Waals surface area contributed by atoms with E-state index in [2.05, 4.69) is 4.40 Å². The molecular formula is C18H15NO3S. The van der Waals surface area contributed by atoms with Gasteiger partial charge in [0.25, 0.3) is 10.0 Å². The zero-order valence-electron chi connectivity index (χ0n) is 12.8. The molecule has 1 aliphatic carbocycles. The highest BCUT2D eigenvalue weighted by molar-refractivity contribution is 7.90. The number of allylic oxidation sites excluding steroid dienone is 4. The van der Waals surface area contributed by atoms with Gasteiger partial charge < -0.3 is 0 Å². The fourth-order valence-corrected chi connectivity index (χ4v) is 3.71. The summed E-state index contributed by atoms with van der Waals surface area (Å²) in [6.07, 6.45) is 2.78. The van der Waals surface area contributed by atoms with Crippen molar-refractivity contribution >= 4 is 32.3 Å². The molecule has 0 N–H and O–H groups in total. The summed E-state index contributed by atoms with van der Waals surface area (Å²) in [4.78, 5) is 11.6. The van der Waals surface area contributed by atoms with E-state index in [1.54, 1.807) is 32.0 Å². The highest BCUT2D eigenvalue weighted by atomic mass is 32.2. The molecule has 0 aromatic heterocycles. The Hall–Kier alpha value is -2.53. The molecule has 0 aliphatic heterocycles. The molecule has 0 saturated carbocycles. The van der Waals surface area contributed by atoms with E-state index >= 15 is 0 Å². The lowest BCUT2D eigenvalue weighted by Gasteiger charge is -2.11. The predicted octanol–water partition coefficient (Wildman–Crippen LogP) is 3.44. The normalized spacial score (nSPS) is 15.4. The van der Waals surface area contributed by atoms with Crippen LogP contribution in [0.3, 0.4) is 0 Å². The van der Waals surface area contributed by atoms with Gasteiger partial charge in [0.1, 0.15) is 0 Å². The number of hydrogen-bond donors (Lipinski definition) is 0. The van der Waals surface area contributed by atoms with Crippen LogP contribution in [0.4, 0.5) is 0 Å². The summed E-state index contributed by atoms with van der Waals surface area (Å²) < 4.78 is 29.1. The Kier molecular flexibility index (Phi) is 3.74. The van der Waals surface area contributed by atoms with E-state index in [0.29, 0.717) is 16.9 Å². The third kappa shape index (κ3) is 3.00. The molecule has 2 aromatic carbocycles. The van der Waals surface area contributed by atoms with Crippen molar-refractivity contribution in [1.29, 1.82) is 0 Å². The molecule has 0 fully saturated rings. The molecule has 0 unspecified atom stereocenters. The molecule has 0 atom stereocenters. The van der Waals surface area contributed by atoms with Gasteiger partial charge in [-0.3, -0.25) is 4.79 Å². The fraction of sp³-hybridized carbons (Fsp3) is 0.111. The molecule has 23 heavy (non-hydrogen) atoms. The first-order valence-electron chi connectivity index (χ1n) is 7.12. The first-order chi connectivity index (χ1) is 10.9. The molecule has 116 valence electrons. The lowest BCUT2D eigenvalue weighted by atomic mass is 9.98. The molecule has 0 heterocycles. The molecular weight excluding hydrogens is 310 g/mol. The van der Waals surface area contributed by atoms with Crippen LogP contribution in [0.15, 0.2) is 75.1 Å². The van der Waals surface area contributed by atoms with E-state index in [1.807, 2.05) is 24.3 Å². The van der Waals surface area contributed by atoms with Crippen molar-refractivity contribution < 1.29 is 13.2 Å². The summed E-state index contributed by atoms with van der Waals surface area (Å²) in [5.74, 6) is -0.151. The Morgan fingerprint density at radius 1 is 0.870 bits per heavy atom. The SMILES string of the molecule is CC1=CC(=O)C=C(C)C1=NS(=O)(=O)c1ccc2ccccc2c1. The third-order valence-corrected chi connectivity index (χ3v) is 4.97. The zero-order chi connectivity index (χ0) is 16.6. The van der Waals surface area contributed by atoms with Gasteiger partial charge in [-0.05, 0) is 60.1 Å². The van der Waals surface area contributed by atoms with E-state index in [-0.39, 0.29) is 10.7 Å². The van der Waals surface area contributed by atoms with Gasteiger partial charge in [-0.1, -0.05) is 30.3 Å². The number of sulfonamides is 1. The second-order valence-corrected chi connectivity index (χ2v) is 7.09. The van der Waals surface area contributed by atoms with E-state index in [9.17, 15) is 13.2 Å². The Bertz CT molecular complexity index is 987. The maximum Gasteiger partial charge on any atom is 0.282 e. The molecule has 5 heteroatoms. The van der Waals surface area contributed by atoms with Crippen LogP contribution < -0.4 is 0 Å². The molecule has 0 bridgehead atoms. The van der Waals surface area contributed by atoms with Crippen LogP contribution in [0.2, 0.25) is 0 Å². The summed E-state index contributed by atoms with van der Waals surface area (Å²) in [6, 6.07) is 12.5. The van der Waals surface area contributed by atoms with Crippen molar-refractivity contribution in [2.45, 2.75) is 18.7 Å². The minimum Gasteiger partial charge on any atom is -0.290 e. The lowest BCUT2D eigenvalue weighted by molar-refractivity contribution is -0.110. The Labute approximate surface area is 134 Å². The number of fused-ring (bicyclic) bond motifs is 1. The van der Waals surface area contributed by atoms with Crippen LogP contribution in [0, 0.1) is 0 Å². The molecule has 3 rings (SSSR count). The van der Waals surface area contributed by atoms with Gasteiger partial charge in [0.05, 0.1) is 10.6 Å². The highest BCUT2D eigenvalue weighted by Gasteiger charge is 2.19. The summed E-state index contributed by atoms with van der Waals surface area (Å²) in [5, 5.41) is 1.81. The van der Waals surface area contributed by atoms with Crippen molar-refractivity contribution in [2.24, 2.45) is 4.40 Å². The van der Waals surface area contributed by atoms with Crippen LogP contribution >= 0.6 is 0 Å². The van der Waals surface area contributed by atoms with E-state index < -0.39 is 10.0 Å². The molecule has 1 aliphatic rings. The summed E-state index contributed by atoms with van der Waals surface area (Å²) in [7, 11) is -3.84. The molecule has 0 radical (unpaired) electrons. The first-order valence-corrected chi connectivity index (χ1v) is 8.56. The second kappa shape index (κ2) is 5.59. The standard InChI is InChI=1S/C18H15NO3S/c1-12-9-16(20)10-13(2)18(12)19-23(21,22)17-8-7-14-5-3-4-6-15(14)11-17/h3-11H,1-2H3. The van der Waals surface area contributed by atoms with Gasteiger partial charge in [0.2, 0.25) is 0 Å². The number of ketones is 1. The number of hydrogen-bond acceptors (Lipinski definition) is 3. The maximum atomic E-state index is 12.6. The molecule has 0 amide bonds. The van der Waals surface area contributed by atoms with Crippen molar-refractivity contribution in [2.75, 3.05) is 0 Å². The lowest BCUT2D eigenvalue weighted by Crippen LogP contribution is -2.13. The van der Waals surface area contributed by atoms with E-state index in [0.717, 1.165) is 10.8 Å². The number of rotatable bonds is 2. The molecule has 0 spiro atoms. The first kappa shape index (κ1) is 15.4. The Balaban J connectivity index is 2.10. The third-order valence-electron chi connectivity index (χ3n) is 3.69. The van der Waals surface area contributed by atoms with Crippen molar-refractivity contribution in [3.05, 3.63) is 65.8 Å². The van der Waals surface area contributed by atoms with Gasteiger partial charge >= 0.3 is 0 Å². The van der Waals surface area contributed by atoms with E-state index in [4.69, 9.17) is 0 Å². The van der Waals surface area contributed by atoms with Gasteiger partial charge in [-0.15, -0.1) is 0 Å². The average Bonchev–Trinajstić information content (AvgIpc) is 2.50. The van der Waals surface area contributed by atoms with Crippen LogP contribution in [0.1, 0.15) is 13.8 Å². The van der Waals surface area contributed by atoms with Crippen molar-refractivity contribution in [3.63, 3.8) is 0 Å². The monoisotopic (exact) mass is 325 g/mol. The summed E-state index contributed by atoms with van der Waals surface area (Å²) in [6.45, 7) is 3.37. The van der Waals surface area contributed by atoms with Crippen molar-refractivity contribution in [1.82, 2.24) is 0 Å². The number of carbonyl (C=O) groups is 1. The minimum atomic E-state index is -3.84. The summed E-state index contributed by atoms with van der Waals surface area (Å²) in [5.41, 5.74) is 1.44. The molecule has 2 aromatic rings. The maximum absolute atomic E-state index is 12.6. The largest absolute Gasteiger partial charge is 0.290 e. The van der Waals surface area contributed by atoms with Gasteiger partial charge in [-0.25, -0.2) is 0 Å². The van der Waals surface area contributed by atoms with Gasteiger partial charge in [0.15, 0.2) is 5.78 Å². The summed E-state index contributed by atoms with van der Waals surface area (Å²) >= 11 is 0. The Morgan fingerprint density at radius 2 is 1.48 bits per heavy atom. The van der Waals surface area contributed by atoms with Gasteiger partial charge in [-0.2, -0.15) is 12.8 Å². The second-order valence-electron chi connectivity index (χ2n) is 5.48. The minimum absolute atomic E-state index is 0.140. The number of carbonyl (C=O) groups excluding carboxylic acids is 1. The molecule has 0 saturated heterocycles.